The van der Waals surface area contributed by atoms with Crippen molar-refractivity contribution in [3.63, 3.8) is 0 Å². The first kappa shape index (κ1) is 26.1. The number of amides is 2. The molecule has 5 rings (SSSR count). The number of para-hydroxylation sites is 1. The summed E-state index contributed by atoms with van der Waals surface area (Å²) in [6.45, 7) is -0.150. The van der Waals surface area contributed by atoms with Crippen LogP contribution in [0.15, 0.2) is 78.9 Å². The number of nitrogens with zero attached hydrogens (tertiary/aromatic N) is 4. The topological polar surface area (TPSA) is 106 Å². The Morgan fingerprint density at radius 1 is 0.974 bits per heavy atom. The van der Waals surface area contributed by atoms with Gasteiger partial charge in [-0.25, -0.2) is 9.48 Å². The number of rotatable bonds is 8. The number of methoxy groups -OCH3 is 1. The minimum absolute atomic E-state index is 0.0510. The maximum absolute atomic E-state index is 14.2. The number of esters is 1. The summed E-state index contributed by atoms with van der Waals surface area (Å²) in [7, 11) is 1.30. The van der Waals surface area contributed by atoms with E-state index in [1.54, 1.807) is 24.3 Å². The predicted octanol–water partition coefficient (Wildman–Crippen LogP) is 4.44. The SMILES string of the molecule is COC(=O)c1cccc(N(C(=O)Cn2nnc3ccccc32)[C@H](C(=O)NC2CCCCC2)c2ccccc2)c1. The van der Waals surface area contributed by atoms with Crippen molar-refractivity contribution >= 4 is 34.5 Å². The molecule has 0 radical (unpaired) electrons. The van der Waals surface area contributed by atoms with Crippen LogP contribution in [-0.4, -0.2) is 45.9 Å². The van der Waals surface area contributed by atoms with Gasteiger partial charge in [-0.15, -0.1) is 5.10 Å². The van der Waals surface area contributed by atoms with Gasteiger partial charge in [0.25, 0.3) is 0 Å². The van der Waals surface area contributed by atoms with E-state index in [-0.39, 0.29) is 30.0 Å². The summed E-state index contributed by atoms with van der Waals surface area (Å²) in [5.41, 5.74) is 2.71. The summed E-state index contributed by atoms with van der Waals surface area (Å²) in [5.74, 6) is -1.18. The van der Waals surface area contributed by atoms with Crippen LogP contribution >= 0.6 is 0 Å². The van der Waals surface area contributed by atoms with Gasteiger partial charge in [0, 0.05) is 11.7 Å². The van der Waals surface area contributed by atoms with Gasteiger partial charge < -0.3 is 10.1 Å². The van der Waals surface area contributed by atoms with E-state index in [1.807, 2.05) is 54.6 Å². The zero-order valence-electron chi connectivity index (χ0n) is 21.8. The number of nitrogens with one attached hydrogen (secondary N) is 1. The maximum atomic E-state index is 14.2. The number of carbonyl (C=O) groups excluding carboxylic acids is 3. The highest BCUT2D eigenvalue weighted by molar-refractivity contribution is 6.02. The minimum Gasteiger partial charge on any atom is -0.465 e. The molecule has 39 heavy (non-hydrogen) atoms. The van der Waals surface area contributed by atoms with Gasteiger partial charge >= 0.3 is 5.97 Å². The van der Waals surface area contributed by atoms with Gasteiger partial charge in [-0.2, -0.15) is 0 Å². The van der Waals surface area contributed by atoms with E-state index in [0.717, 1.165) is 32.1 Å². The van der Waals surface area contributed by atoms with E-state index in [1.165, 1.54) is 16.7 Å². The van der Waals surface area contributed by atoms with Crippen LogP contribution in [0.2, 0.25) is 0 Å². The lowest BCUT2D eigenvalue weighted by Crippen LogP contribution is -2.48. The van der Waals surface area contributed by atoms with Crippen molar-refractivity contribution in [3.8, 4) is 0 Å². The van der Waals surface area contributed by atoms with Crippen molar-refractivity contribution in [2.75, 3.05) is 12.0 Å². The average molecular weight is 526 g/mol. The number of benzene rings is 3. The first-order valence-electron chi connectivity index (χ1n) is 13.2. The second-order valence-electron chi connectivity index (χ2n) is 9.70. The molecular weight excluding hydrogens is 494 g/mol. The molecule has 200 valence electrons. The van der Waals surface area contributed by atoms with Crippen molar-refractivity contribution in [2.24, 2.45) is 0 Å². The Hall–Kier alpha value is -4.53. The van der Waals surface area contributed by atoms with Crippen molar-refractivity contribution in [3.05, 3.63) is 90.0 Å². The fraction of sp³-hybridized carbons (Fsp3) is 0.300. The number of fused-ring (bicyclic) bond motifs is 1. The third-order valence-electron chi connectivity index (χ3n) is 7.09. The fourth-order valence-electron chi connectivity index (χ4n) is 5.16. The van der Waals surface area contributed by atoms with Crippen molar-refractivity contribution in [1.82, 2.24) is 20.3 Å². The van der Waals surface area contributed by atoms with Crippen LogP contribution in [0.5, 0.6) is 0 Å². The molecule has 0 unspecified atom stereocenters. The molecule has 0 spiro atoms. The molecule has 1 N–H and O–H groups in total. The smallest absolute Gasteiger partial charge is 0.337 e. The van der Waals surface area contributed by atoms with Crippen LogP contribution in [0.3, 0.4) is 0 Å². The Balaban J connectivity index is 1.58. The minimum atomic E-state index is -0.969. The van der Waals surface area contributed by atoms with Crippen molar-refractivity contribution < 1.29 is 19.1 Å². The van der Waals surface area contributed by atoms with Crippen LogP contribution in [-0.2, 0) is 20.9 Å². The molecule has 0 saturated heterocycles. The molecule has 3 aromatic carbocycles. The van der Waals surface area contributed by atoms with Crippen LogP contribution in [0.1, 0.15) is 54.1 Å². The summed E-state index contributed by atoms with van der Waals surface area (Å²) in [6, 6.07) is 22.3. The fourth-order valence-corrected chi connectivity index (χ4v) is 5.16. The van der Waals surface area contributed by atoms with Crippen molar-refractivity contribution in [1.29, 1.82) is 0 Å². The normalized spacial score (nSPS) is 14.5. The lowest BCUT2D eigenvalue weighted by atomic mass is 9.94. The quantitative estimate of drug-likeness (QED) is 0.341. The third-order valence-corrected chi connectivity index (χ3v) is 7.09. The number of hydrogen-bond donors (Lipinski definition) is 1. The average Bonchev–Trinajstić information content (AvgIpc) is 3.38. The molecule has 9 heteroatoms. The van der Waals surface area contributed by atoms with Gasteiger partial charge in [-0.3, -0.25) is 14.5 Å². The summed E-state index contributed by atoms with van der Waals surface area (Å²) < 4.78 is 6.44. The second kappa shape index (κ2) is 11.9. The molecule has 2 amide bonds. The van der Waals surface area contributed by atoms with Crippen LogP contribution in [0.25, 0.3) is 11.0 Å². The lowest BCUT2D eigenvalue weighted by molar-refractivity contribution is -0.127. The molecule has 1 heterocycles. The number of hydrogen-bond acceptors (Lipinski definition) is 6. The lowest BCUT2D eigenvalue weighted by Gasteiger charge is -2.33. The molecule has 1 aromatic heterocycles. The van der Waals surface area contributed by atoms with E-state index in [4.69, 9.17) is 4.74 Å². The van der Waals surface area contributed by atoms with Crippen LogP contribution in [0, 0.1) is 0 Å². The molecule has 1 saturated carbocycles. The maximum Gasteiger partial charge on any atom is 0.337 e. The highest BCUT2D eigenvalue weighted by atomic mass is 16.5. The number of ether oxygens (including phenoxy) is 1. The number of carbonyl (C=O) groups is 3. The zero-order chi connectivity index (χ0) is 27.2. The summed E-state index contributed by atoms with van der Waals surface area (Å²) in [5, 5.41) is 11.6. The molecule has 0 aliphatic heterocycles. The van der Waals surface area contributed by atoms with E-state index >= 15 is 0 Å². The Morgan fingerprint density at radius 2 is 1.72 bits per heavy atom. The first-order valence-corrected chi connectivity index (χ1v) is 13.2. The predicted molar refractivity (Wildman–Crippen MR) is 147 cm³/mol. The van der Waals surface area contributed by atoms with Gasteiger partial charge in [-0.05, 0) is 48.7 Å². The standard InChI is InChI=1S/C30H31N5O4/c1-39-30(38)22-13-10-16-24(19-22)35(27(36)20-34-26-18-9-8-17-25(26)32-33-34)28(21-11-4-2-5-12-21)29(37)31-23-14-6-3-7-15-23/h2,4-5,8-13,16-19,23,28H,3,6-7,14-15,20H2,1H3,(H,31,37)/t28-/m0/s1. The van der Waals surface area contributed by atoms with E-state index in [2.05, 4.69) is 15.6 Å². The molecule has 1 aliphatic carbocycles. The Bertz CT molecular complexity index is 1460. The molecule has 1 atom stereocenters. The number of anilines is 1. The first-order chi connectivity index (χ1) is 19.0. The molecule has 9 nitrogen and oxygen atoms in total. The largest absolute Gasteiger partial charge is 0.465 e. The van der Waals surface area contributed by atoms with Crippen LogP contribution < -0.4 is 10.2 Å². The summed E-state index contributed by atoms with van der Waals surface area (Å²) in [6.07, 6.45) is 5.09. The van der Waals surface area contributed by atoms with Crippen molar-refractivity contribution in [2.45, 2.75) is 50.7 Å². The summed E-state index contributed by atoms with van der Waals surface area (Å²) in [4.78, 5) is 42.0. The zero-order valence-corrected chi connectivity index (χ0v) is 21.8. The van der Waals surface area contributed by atoms with E-state index in [0.29, 0.717) is 22.3 Å². The highest BCUT2D eigenvalue weighted by Crippen LogP contribution is 2.30. The van der Waals surface area contributed by atoms with Gasteiger partial charge in [-0.1, -0.05) is 73.0 Å². The third kappa shape index (κ3) is 5.82. The second-order valence-corrected chi connectivity index (χ2v) is 9.70. The molecule has 0 bridgehead atoms. The van der Waals surface area contributed by atoms with Gasteiger partial charge in [0.2, 0.25) is 11.8 Å². The molecule has 1 fully saturated rings. The molecule has 1 aliphatic rings. The molecule has 4 aromatic rings. The number of aromatic nitrogens is 3. The van der Waals surface area contributed by atoms with Gasteiger partial charge in [0.15, 0.2) is 0 Å². The summed E-state index contributed by atoms with van der Waals surface area (Å²) >= 11 is 0. The highest BCUT2D eigenvalue weighted by Gasteiger charge is 2.34. The van der Waals surface area contributed by atoms with Gasteiger partial charge in [0.1, 0.15) is 18.1 Å². The Kier molecular flexibility index (Phi) is 7.96. The van der Waals surface area contributed by atoms with Gasteiger partial charge in [0.05, 0.1) is 18.2 Å². The monoisotopic (exact) mass is 525 g/mol. The molecular formula is C30H31N5O4. The Morgan fingerprint density at radius 3 is 2.49 bits per heavy atom. The Labute approximate surface area is 226 Å². The van der Waals surface area contributed by atoms with E-state index < -0.39 is 12.0 Å². The van der Waals surface area contributed by atoms with Crippen LogP contribution in [0.4, 0.5) is 5.69 Å². The van der Waals surface area contributed by atoms with E-state index in [9.17, 15) is 14.4 Å².